The van der Waals surface area contributed by atoms with E-state index in [9.17, 15) is 0 Å². The van der Waals surface area contributed by atoms with Crippen LogP contribution in [-0.2, 0) is 12.8 Å². The molecule has 0 spiro atoms. The SMILES string of the molecule is CCc1cc2c(N3CCN(c4ccc(OC)cc4)CC3)nc(Cc3ccccc3)nc2s1. The first-order valence-electron chi connectivity index (χ1n) is 11.2. The van der Waals surface area contributed by atoms with Crippen molar-refractivity contribution in [2.75, 3.05) is 43.1 Å². The van der Waals surface area contributed by atoms with Crippen molar-refractivity contribution >= 4 is 33.1 Å². The number of aryl methyl sites for hydroxylation is 1. The van der Waals surface area contributed by atoms with Crippen molar-refractivity contribution in [3.05, 3.63) is 76.9 Å². The first kappa shape index (κ1) is 20.8. The number of aromatic nitrogens is 2. The van der Waals surface area contributed by atoms with Gasteiger partial charge >= 0.3 is 0 Å². The molecule has 6 heteroatoms. The summed E-state index contributed by atoms with van der Waals surface area (Å²) in [5.74, 6) is 2.89. The Kier molecular flexibility index (Phi) is 5.95. The van der Waals surface area contributed by atoms with Crippen LogP contribution in [-0.4, -0.2) is 43.3 Å². The average Bonchev–Trinajstić information content (AvgIpc) is 3.28. The Morgan fingerprint density at radius 1 is 0.906 bits per heavy atom. The van der Waals surface area contributed by atoms with Gasteiger partial charge in [0.2, 0.25) is 0 Å². The van der Waals surface area contributed by atoms with Crippen LogP contribution in [0.4, 0.5) is 11.5 Å². The van der Waals surface area contributed by atoms with Gasteiger partial charge in [-0.15, -0.1) is 11.3 Å². The largest absolute Gasteiger partial charge is 0.497 e. The lowest BCUT2D eigenvalue weighted by Crippen LogP contribution is -2.47. The van der Waals surface area contributed by atoms with Crippen LogP contribution >= 0.6 is 11.3 Å². The number of fused-ring (bicyclic) bond motifs is 1. The number of piperazine rings is 1. The van der Waals surface area contributed by atoms with Crippen molar-refractivity contribution in [2.24, 2.45) is 0 Å². The minimum Gasteiger partial charge on any atom is -0.497 e. The summed E-state index contributed by atoms with van der Waals surface area (Å²) in [7, 11) is 1.71. The van der Waals surface area contributed by atoms with Crippen molar-refractivity contribution < 1.29 is 4.74 Å². The Balaban J connectivity index is 1.40. The van der Waals surface area contributed by atoms with Gasteiger partial charge in [0, 0.05) is 43.2 Å². The third-order valence-corrected chi connectivity index (χ3v) is 7.21. The van der Waals surface area contributed by atoms with Crippen LogP contribution in [0.25, 0.3) is 10.2 Å². The number of rotatable bonds is 6. The molecule has 5 rings (SSSR count). The number of ether oxygens (including phenoxy) is 1. The molecule has 0 atom stereocenters. The molecule has 32 heavy (non-hydrogen) atoms. The van der Waals surface area contributed by atoms with Crippen molar-refractivity contribution in [1.29, 1.82) is 0 Å². The molecule has 3 heterocycles. The zero-order valence-electron chi connectivity index (χ0n) is 18.6. The molecule has 0 amide bonds. The van der Waals surface area contributed by atoms with Gasteiger partial charge in [-0.2, -0.15) is 0 Å². The van der Waals surface area contributed by atoms with Gasteiger partial charge in [0.15, 0.2) is 0 Å². The van der Waals surface area contributed by atoms with E-state index < -0.39 is 0 Å². The Morgan fingerprint density at radius 3 is 2.31 bits per heavy atom. The highest BCUT2D eigenvalue weighted by molar-refractivity contribution is 7.18. The van der Waals surface area contributed by atoms with E-state index in [1.807, 2.05) is 18.2 Å². The Hall–Kier alpha value is -3.12. The number of anilines is 2. The molecule has 1 aliphatic rings. The molecule has 5 nitrogen and oxygen atoms in total. The van der Waals surface area contributed by atoms with Gasteiger partial charge in [0.1, 0.15) is 22.2 Å². The smallest absolute Gasteiger partial charge is 0.141 e. The van der Waals surface area contributed by atoms with E-state index in [1.165, 1.54) is 21.5 Å². The van der Waals surface area contributed by atoms with E-state index in [0.717, 1.165) is 61.2 Å². The number of hydrogen-bond donors (Lipinski definition) is 0. The van der Waals surface area contributed by atoms with E-state index in [-0.39, 0.29) is 0 Å². The molecule has 1 saturated heterocycles. The lowest BCUT2D eigenvalue weighted by atomic mass is 10.1. The topological polar surface area (TPSA) is 41.5 Å². The number of thiophene rings is 1. The lowest BCUT2D eigenvalue weighted by Gasteiger charge is -2.37. The fourth-order valence-electron chi connectivity index (χ4n) is 4.24. The van der Waals surface area contributed by atoms with Crippen LogP contribution in [0.5, 0.6) is 5.75 Å². The molecule has 2 aromatic carbocycles. The Bertz CT molecular complexity index is 1180. The molecule has 0 N–H and O–H groups in total. The fourth-order valence-corrected chi connectivity index (χ4v) is 5.22. The highest BCUT2D eigenvalue weighted by atomic mass is 32.1. The van der Waals surface area contributed by atoms with E-state index in [0.29, 0.717) is 0 Å². The first-order chi connectivity index (χ1) is 15.7. The molecule has 164 valence electrons. The quantitative estimate of drug-likeness (QED) is 0.410. The van der Waals surface area contributed by atoms with Gasteiger partial charge in [-0.1, -0.05) is 37.3 Å². The predicted octanol–water partition coefficient (Wildman–Crippen LogP) is 5.18. The molecule has 0 bridgehead atoms. The van der Waals surface area contributed by atoms with E-state index >= 15 is 0 Å². The maximum Gasteiger partial charge on any atom is 0.141 e. The molecule has 2 aromatic heterocycles. The van der Waals surface area contributed by atoms with Crippen LogP contribution in [0.15, 0.2) is 60.7 Å². The molecule has 0 saturated carbocycles. The molecule has 1 aliphatic heterocycles. The van der Waals surface area contributed by atoms with Gasteiger partial charge in [-0.3, -0.25) is 0 Å². The second-order valence-corrected chi connectivity index (χ2v) is 9.20. The third-order valence-electron chi connectivity index (χ3n) is 6.04. The zero-order chi connectivity index (χ0) is 21.9. The van der Waals surface area contributed by atoms with Crippen LogP contribution in [0.1, 0.15) is 23.2 Å². The number of nitrogens with zero attached hydrogens (tertiary/aromatic N) is 4. The van der Waals surface area contributed by atoms with Crippen LogP contribution < -0.4 is 14.5 Å². The van der Waals surface area contributed by atoms with Crippen molar-refractivity contribution in [3.8, 4) is 5.75 Å². The Morgan fingerprint density at radius 2 is 1.62 bits per heavy atom. The van der Waals surface area contributed by atoms with E-state index in [4.69, 9.17) is 14.7 Å². The second kappa shape index (κ2) is 9.17. The van der Waals surface area contributed by atoms with Gasteiger partial charge in [-0.25, -0.2) is 9.97 Å². The normalized spacial score (nSPS) is 14.2. The summed E-state index contributed by atoms with van der Waals surface area (Å²) in [4.78, 5) is 17.3. The average molecular weight is 445 g/mol. The molecule has 0 unspecified atom stereocenters. The van der Waals surface area contributed by atoms with Gasteiger partial charge in [0.05, 0.1) is 12.5 Å². The first-order valence-corrected chi connectivity index (χ1v) is 12.0. The van der Waals surface area contributed by atoms with E-state index in [2.05, 4.69) is 59.2 Å². The summed E-state index contributed by atoms with van der Waals surface area (Å²) in [6.45, 7) is 6.03. The highest BCUT2D eigenvalue weighted by Gasteiger charge is 2.22. The molecular weight excluding hydrogens is 416 g/mol. The molecule has 0 aliphatic carbocycles. The highest BCUT2D eigenvalue weighted by Crippen LogP contribution is 2.33. The molecular formula is C26H28N4OS. The summed E-state index contributed by atoms with van der Waals surface area (Å²) in [6, 6.07) is 21.1. The monoisotopic (exact) mass is 444 g/mol. The van der Waals surface area contributed by atoms with Crippen molar-refractivity contribution in [1.82, 2.24) is 9.97 Å². The standard InChI is InChI=1S/C26H28N4OS/c1-3-22-18-23-25(27-24(28-26(23)32-22)17-19-7-5-4-6-8-19)30-15-13-29(14-16-30)20-9-11-21(31-2)12-10-20/h4-12,18H,3,13-17H2,1-2H3. The zero-order valence-corrected chi connectivity index (χ0v) is 19.4. The second-order valence-electron chi connectivity index (χ2n) is 8.08. The minimum absolute atomic E-state index is 0.759. The predicted molar refractivity (Wildman–Crippen MR) is 133 cm³/mol. The van der Waals surface area contributed by atoms with Crippen LogP contribution in [0.2, 0.25) is 0 Å². The number of hydrogen-bond acceptors (Lipinski definition) is 6. The van der Waals surface area contributed by atoms with Gasteiger partial charge in [0.25, 0.3) is 0 Å². The lowest BCUT2D eigenvalue weighted by molar-refractivity contribution is 0.415. The maximum absolute atomic E-state index is 5.30. The third kappa shape index (κ3) is 4.28. The molecule has 4 aromatic rings. The summed E-state index contributed by atoms with van der Waals surface area (Å²) in [5.41, 5.74) is 2.49. The summed E-state index contributed by atoms with van der Waals surface area (Å²) in [5, 5.41) is 1.20. The fraction of sp³-hybridized carbons (Fsp3) is 0.308. The van der Waals surface area contributed by atoms with Crippen molar-refractivity contribution in [3.63, 3.8) is 0 Å². The maximum atomic E-state index is 5.30. The van der Waals surface area contributed by atoms with Gasteiger partial charge < -0.3 is 14.5 Å². The van der Waals surface area contributed by atoms with Crippen LogP contribution in [0.3, 0.4) is 0 Å². The van der Waals surface area contributed by atoms with Gasteiger partial charge in [-0.05, 0) is 42.3 Å². The van der Waals surface area contributed by atoms with Crippen LogP contribution in [0, 0.1) is 0 Å². The number of benzene rings is 2. The minimum atomic E-state index is 0.759. The summed E-state index contributed by atoms with van der Waals surface area (Å²) >= 11 is 1.80. The summed E-state index contributed by atoms with van der Waals surface area (Å²) < 4.78 is 5.30. The summed E-state index contributed by atoms with van der Waals surface area (Å²) in [6.07, 6.45) is 1.79. The number of methoxy groups -OCH3 is 1. The van der Waals surface area contributed by atoms with Crippen molar-refractivity contribution in [2.45, 2.75) is 19.8 Å². The molecule has 1 fully saturated rings. The van der Waals surface area contributed by atoms with E-state index in [1.54, 1.807) is 18.4 Å². The molecule has 0 radical (unpaired) electrons. The Labute approximate surface area is 193 Å².